The van der Waals surface area contributed by atoms with Crippen molar-refractivity contribution in [1.82, 2.24) is 10.2 Å². The Labute approximate surface area is 362 Å². The highest BCUT2D eigenvalue weighted by molar-refractivity contribution is 6.39. The highest BCUT2D eigenvalue weighted by atomic mass is 16.7. The van der Waals surface area contributed by atoms with Crippen molar-refractivity contribution >= 4 is 29.3 Å². The third-order valence-electron chi connectivity index (χ3n) is 13.3. The van der Waals surface area contributed by atoms with Gasteiger partial charge in [0.2, 0.25) is 11.7 Å². The van der Waals surface area contributed by atoms with Crippen LogP contribution in [0.25, 0.3) is 0 Å². The molecule has 0 spiro atoms. The molecule has 2 amide bonds. The van der Waals surface area contributed by atoms with Crippen LogP contribution in [0.3, 0.4) is 0 Å². The van der Waals surface area contributed by atoms with Crippen LogP contribution in [-0.2, 0) is 42.9 Å². The summed E-state index contributed by atoms with van der Waals surface area (Å²) in [5.41, 5.74) is 1.76. The van der Waals surface area contributed by atoms with Crippen molar-refractivity contribution in [2.75, 3.05) is 27.9 Å². The first-order valence-electron chi connectivity index (χ1n) is 22.1. The molecule has 3 fully saturated rings. The Hall–Kier alpha value is -3.31. The van der Waals surface area contributed by atoms with Crippen LogP contribution in [0.1, 0.15) is 112 Å². The Kier molecular flexibility index (Phi) is 18.4. The number of methoxy groups -OCH3 is 3. The molecule has 1 saturated carbocycles. The van der Waals surface area contributed by atoms with E-state index >= 15 is 0 Å². The van der Waals surface area contributed by atoms with Gasteiger partial charge in [0.25, 0.3) is 11.7 Å². The molecular weight excluding hydrogens is 787 g/mol. The van der Waals surface area contributed by atoms with E-state index in [-0.39, 0.29) is 67.7 Å². The minimum absolute atomic E-state index is 0.00447. The molecule has 15 nitrogen and oxygen atoms in total. The molecule has 4 aliphatic rings. The van der Waals surface area contributed by atoms with Crippen LogP contribution in [-0.4, -0.2) is 132 Å². The summed E-state index contributed by atoms with van der Waals surface area (Å²) in [5.74, 6) is -7.54. The zero-order valence-electron chi connectivity index (χ0n) is 37.8. The highest BCUT2D eigenvalue weighted by Crippen LogP contribution is 2.39. The number of aliphatic hydroxyl groups excluding tert-OH is 2. The van der Waals surface area contributed by atoms with Gasteiger partial charge in [0, 0.05) is 70.9 Å². The Bertz CT molecular complexity index is 1650. The number of Topliss-reactive ketones (excluding diaryl/α,β-unsaturated/α-hetero) is 1. The fourth-order valence-electron chi connectivity index (χ4n) is 9.82. The molecule has 61 heavy (non-hydrogen) atoms. The second-order valence-electron chi connectivity index (χ2n) is 18.3. The Balaban J connectivity index is 1.81. The van der Waals surface area contributed by atoms with Gasteiger partial charge in [-0.1, -0.05) is 46.4 Å². The van der Waals surface area contributed by atoms with Crippen molar-refractivity contribution in [1.29, 1.82) is 5.41 Å². The maximum absolute atomic E-state index is 14.4. The van der Waals surface area contributed by atoms with E-state index in [1.54, 1.807) is 21.0 Å². The third kappa shape index (κ3) is 12.7. The molecule has 15 heteroatoms. The molecule has 0 aromatic heterocycles. The number of piperidine rings is 1. The molecule has 0 aromatic rings. The molecule has 4 rings (SSSR count). The predicted molar refractivity (Wildman–Crippen MR) is 228 cm³/mol. The normalized spacial score (nSPS) is 39.0. The molecule has 2 saturated heterocycles. The number of nitrogens with zero attached hydrogens (tertiary/aromatic N) is 1. The first-order chi connectivity index (χ1) is 28.7. The summed E-state index contributed by atoms with van der Waals surface area (Å²) in [7, 11) is 4.60. The van der Waals surface area contributed by atoms with Crippen molar-refractivity contribution in [3.63, 3.8) is 0 Å². The topological polar surface area (TPSA) is 214 Å². The van der Waals surface area contributed by atoms with Crippen LogP contribution in [0.15, 0.2) is 35.6 Å². The van der Waals surface area contributed by atoms with Crippen molar-refractivity contribution < 1.29 is 58.2 Å². The molecular formula is C46H73N3O12. The van der Waals surface area contributed by atoms with Gasteiger partial charge in [0.15, 0.2) is 0 Å². The SMILES string of the molecule is C=C(C/C1=C\C(C)CC(C)CC(OC)C2OC(O)(C(=O)C(=O)N3CCCCC3C(=O)OC(C(C)=CC3CCC(O)C(OC)C3)C(C)C(O)CC1=N)C(C)CC2OC)NC(C)=O. The summed E-state index contributed by atoms with van der Waals surface area (Å²) < 4.78 is 29.9. The van der Waals surface area contributed by atoms with Gasteiger partial charge < -0.3 is 54.6 Å². The number of cyclic esters (lactones) is 1. The van der Waals surface area contributed by atoms with Crippen molar-refractivity contribution in [2.24, 2.45) is 29.6 Å². The van der Waals surface area contributed by atoms with Crippen LogP contribution < -0.4 is 5.32 Å². The smallest absolute Gasteiger partial charge is 0.329 e. The summed E-state index contributed by atoms with van der Waals surface area (Å²) in [6, 6.07) is -1.16. The van der Waals surface area contributed by atoms with Gasteiger partial charge in [0.05, 0.1) is 30.5 Å². The van der Waals surface area contributed by atoms with Gasteiger partial charge in [-0.25, -0.2) is 4.79 Å². The van der Waals surface area contributed by atoms with E-state index < -0.39 is 77.9 Å². The minimum atomic E-state index is -2.53. The first kappa shape index (κ1) is 50.3. The number of esters is 1. The summed E-state index contributed by atoms with van der Waals surface area (Å²) in [6.07, 6.45) is 2.99. The number of allylic oxidation sites excluding steroid dienone is 3. The first-order valence-corrected chi connectivity index (χ1v) is 22.1. The van der Waals surface area contributed by atoms with E-state index in [1.807, 2.05) is 32.9 Å². The average molecular weight is 860 g/mol. The monoisotopic (exact) mass is 860 g/mol. The number of carbonyl (C=O) groups is 4. The lowest BCUT2D eigenvalue weighted by Gasteiger charge is -2.47. The van der Waals surface area contributed by atoms with E-state index in [4.69, 9.17) is 23.7 Å². The second-order valence-corrected chi connectivity index (χ2v) is 18.3. The minimum Gasteiger partial charge on any atom is -0.456 e. The molecule has 14 atom stereocenters. The van der Waals surface area contributed by atoms with Gasteiger partial charge in [-0.3, -0.25) is 14.4 Å². The molecule has 0 aromatic carbocycles. The van der Waals surface area contributed by atoms with Crippen molar-refractivity contribution in [3.05, 3.63) is 35.6 Å². The maximum atomic E-state index is 14.4. The average Bonchev–Trinajstić information content (AvgIpc) is 3.21. The van der Waals surface area contributed by atoms with E-state index in [0.717, 1.165) is 0 Å². The van der Waals surface area contributed by atoms with Gasteiger partial charge in [-0.05, 0) is 93.6 Å². The molecule has 3 heterocycles. The standard InChI is InChI=1S/C46H73N3O12/c1-25-17-26(2)19-39(58-9)42-40(59-10)21-28(4)46(56,61-42)43(53)44(54)49-16-12-11-13-35(49)45(55)60-41(27(3)20-32-14-15-36(51)38(23-32)57-8)30(6)37(52)24-34(47)33(18-25)22-29(5)48-31(7)50/h18,20,25-26,28,30,32,35-42,47,51-52,56H,5,11-17,19,21-24H2,1-4,6-10H3,(H,48,50)/b27-20?,33-18+,47-34?. The zero-order valence-corrected chi connectivity index (χ0v) is 37.8. The number of hydrogen-bond donors (Lipinski definition) is 5. The summed E-state index contributed by atoms with van der Waals surface area (Å²) in [5, 5.41) is 46.5. The Morgan fingerprint density at radius 1 is 0.951 bits per heavy atom. The lowest BCUT2D eigenvalue weighted by Crippen LogP contribution is -2.64. The fourth-order valence-corrected chi connectivity index (χ4v) is 9.82. The summed E-state index contributed by atoms with van der Waals surface area (Å²) >= 11 is 0. The molecule has 344 valence electrons. The van der Waals surface area contributed by atoms with Crippen molar-refractivity contribution in [2.45, 2.75) is 167 Å². The lowest BCUT2D eigenvalue weighted by atomic mass is 9.81. The molecule has 3 aliphatic heterocycles. The highest BCUT2D eigenvalue weighted by Gasteiger charge is 2.56. The second kappa shape index (κ2) is 22.4. The van der Waals surface area contributed by atoms with Gasteiger partial charge in [-0.2, -0.15) is 0 Å². The number of aliphatic hydroxyl groups is 3. The van der Waals surface area contributed by atoms with Crippen LogP contribution in [0.4, 0.5) is 0 Å². The molecule has 0 radical (unpaired) electrons. The zero-order chi connectivity index (χ0) is 45.3. The van der Waals surface area contributed by atoms with Gasteiger partial charge in [-0.15, -0.1) is 0 Å². The van der Waals surface area contributed by atoms with Crippen LogP contribution in [0.5, 0.6) is 0 Å². The van der Waals surface area contributed by atoms with E-state index in [9.17, 15) is 39.9 Å². The van der Waals surface area contributed by atoms with Crippen LogP contribution >= 0.6 is 0 Å². The Morgan fingerprint density at radius 3 is 2.25 bits per heavy atom. The number of ether oxygens (including phenoxy) is 5. The molecule has 14 unspecified atom stereocenters. The van der Waals surface area contributed by atoms with Crippen molar-refractivity contribution in [3.8, 4) is 0 Å². The van der Waals surface area contributed by atoms with Crippen LogP contribution in [0, 0.1) is 35.0 Å². The molecule has 5 N–H and O–H groups in total. The van der Waals surface area contributed by atoms with Gasteiger partial charge in [0.1, 0.15) is 18.2 Å². The Morgan fingerprint density at radius 2 is 1.61 bits per heavy atom. The summed E-state index contributed by atoms with van der Waals surface area (Å²) in [4.78, 5) is 56.1. The molecule has 1 aliphatic carbocycles. The number of carbonyl (C=O) groups excluding carboxylic acids is 4. The maximum Gasteiger partial charge on any atom is 0.329 e. The number of fused-ring (bicyclic) bond motifs is 3. The molecule has 2 bridgehead atoms. The van der Waals surface area contributed by atoms with Gasteiger partial charge >= 0.3 is 5.97 Å². The number of ketones is 1. The third-order valence-corrected chi connectivity index (χ3v) is 13.3. The van der Waals surface area contributed by atoms with E-state index in [2.05, 4.69) is 11.9 Å². The number of amides is 2. The number of rotatable bonds is 8. The fraction of sp³-hybridized carbons (Fsp3) is 0.761. The number of nitrogens with one attached hydrogen (secondary N) is 2. The van der Waals surface area contributed by atoms with Crippen LogP contribution in [0.2, 0.25) is 0 Å². The van der Waals surface area contributed by atoms with E-state index in [1.165, 1.54) is 26.0 Å². The number of hydrogen-bond acceptors (Lipinski definition) is 13. The predicted octanol–water partition coefficient (Wildman–Crippen LogP) is 4.55. The quantitative estimate of drug-likeness (QED) is 0.129. The largest absolute Gasteiger partial charge is 0.456 e. The van der Waals surface area contributed by atoms with E-state index in [0.29, 0.717) is 61.8 Å². The summed E-state index contributed by atoms with van der Waals surface area (Å²) in [6.45, 7) is 14.7. The lowest BCUT2D eigenvalue weighted by molar-refractivity contribution is -0.302.